The van der Waals surface area contributed by atoms with E-state index in [0.29, 0.717) is 79.8 Å². The lowest BCUT2D eigenvalue weighted by Crippen LogP contribution is -2.11. The van der Waals surface area contributed by atoms with Crippen molar-refractivity contribution in [3.05, 3.63) is 109 Å². The van der Waals surface area contributed by atoms with Crippen LogP contribution in [-0.4, -0.2) is 50.3 Å². The number of ether oxygens (including phenoxy) is 6. The minimum atomic E-state index is -0.531. The smallest absolute Gasteiger partial charge is 0.343 e. The Morgan fingerprint density at radius 1 is 0.571 bits per heavy atom. The third kappa shape index (κ3) is 14.1. The number of aryl methyl sites for hydroxylation is 1. The van der Waals surface area contributed by atoms with Crippen LogP contribution >= 0.6 is 0 Å². The minimum Gasteiger partial charge on any atom is -0.494 e. The zero-order chi connectivity index (χ0) is 35.3. The predicted octanol–water partition coefficient (Wildman–Crippen LogP) is 7.63. The molecule has 3 rings (SSSR count). The number of benzene rings is 3. The van der Waals surface area contributed by atoms with Crippen LogP contribution in [-0.2, 0) is 25.5 Å². The van der Waals surface area contributed by atoms with Crippen molar-refractivity contribution in [1.29, 1.82) is 0 Å². The van der Waals surface area contributed by atoms with E-state index < -0.39 is 23.9 Å². The summed E-state index contributed by atoms with van der Waals surface area (Å²) in [6.45, 7) is 10.4. The first-order chi connectivity index (χ1) is 23.8. The van der Waals surface area contributed by atoms with Crippen LogP contribution in [0.25, 0.3) is 0 Å². The van der Waals surface area contributed by atoms with Gasteiger partial charge < -0.3 is 28.4 Å². The third-order valence-electron chi connectivity index (χ3n) is 7.08. The predicted molar refractivity (Wildman–Crippen MR) is 184 cm³/mol. The van der Waals surface area contributed by atoms with Crippen molar-refractivity contribution in [2.45, 2.75) is 58.3 Å². The molecule has 0 spiro atoms. The lowest BCUT2D eigenvalue weighted by molar-refractivity contribution is -0.138. The van der Waals surface area contributed by atoms with Crippen LogP contribution in [0.5, 0.6) is 23.0 Å². The number of carbonyl (C=O) groups excluding carboxylic acids is 4. The first-order valence-electron chi connectivity index (χ1n) is 16.4. The number of hydrogen-bond acceptors (Lipinski definition) is 10. The summed E-state index contributed by atoms with van der Waals surface area (Å²) in [5.74, 6) is 0.0914. The van der Waals surface area contributed by atoms with Gasteiger partial charge in [-0.2, -0.15) is 0 Å². The molecule has 0 radical (unpaired) electrons. The highest BCUT2D eigenvalue weighted by atomic mass is 16.5. The van der Waals surface area contributed by atoms with Gasteiger partial charge >= 0.3 is 23.9 Å². The molecule has 0 N–H and O–H groups in total. The molecule has 0 aliphatic heterocycles. The van der Waals surface area contributed by atoms with E-state index in [-0.39, 0.29) is 0 Å². The maximum atomic E-state index is 12.9. The monoisotopic (exact) mass is 672 g/mol. The summed E-state index contributed by atoms with van der Waals surface area (Å²) >= 11 is 0. The molecule has 3 aromatic rings. The maximum absolute atomic E-state index is 12.9. The molecular formula is C39H44O10. The fourth-order valence-corrected chi connectivity index (χ4v) is 4.49. The molecule has 0 aliphatic rings. The summed E-state index contributed by atoms with van der Waals surface area (Å²) in [6.07, 6.45) is 8.55. The van der Waals surface area contributed by atoms with Crippen molar-refractivity contribution in [2.75, 3.05) is 26.4 Å². The minimum absolute atomic E-state index is 0.301. The van der Waals surface area contributed by atoms with E-state index in [9.17, 15) is 19.2 Å². The van der Waals surface area contributed by atoms with Gasteiger partial charge in [0.05, 0.1) is 37.6 Å². The molecule has 0 amide bonds. The van der Waals surface area contributed by atoms with E-state index >= 15 is 0 Å². The van der Waals surface area contributed by atoms with Crippen molar-refractivity contribution in [3.63, 3.8) is 0 Å². The third-order valence-corrected chi connectivity index (χ3v) is 7.08. The molecule has 49 heavy (non-hydrogen) atoms. The van der Waals surface area contributed by atoms with Crippen molar-refractivity contribution >= 4 is 23.9 Å². The second-order valence-electron chi connectivity index (χ2n) is 10.9. The number of rotatable bonds is 22. The van der Waals surface area contributed by atoms with Crippen molar-refractivity contribution in [2.24, 2.45) is 0 Å². The van der Waals surface area contributed by atoms with Crippen LogP contribution in [0.2, 0.25) is 0 Å². The quantitative estimate of drug-likeness (QED) is 0.0455. The average molecular weight is 673 g/mol. The highest BCUT2D eigenvalue weighted by molar-refractivity contribution is 5.92. The summed E-state index contributed by atoms with van der Waals surface area (Å²) in [5, 5.41) is 0. The van der Waals surface area contributed by atoms with Crippen LogP contribution in [0, 0.1) is 0 Å². The number of unbranched alkanes of at least 4 members (excludes halogenated alkanes) is 4. The molecule has 0 saturated heterocycles. The zero-order valence-corrected chi connectivity index (χ0v) is 28.0. The van der Waals surface area contributed by atoms with Gasteiger partial charge in [-0.15, -0.1) is 0 Å². The Morgan fingerprint density at radius 2 is 1.02 bits per heavy atom. The van der Waals surface area contributed by atoms with E-state index in [0.717, 1.165) is 49.8 Å². The van der Waals surface area contributed by atoms with Crippen LogP contribution in [0.1, 0.15) is 78.1 Å². The highest BCUT2D eigenvalue weighted by Gasteiger charge is 2.15. The molecule has 0 atom stereocenters. The molecule has 0 aromatic heterocycles. The standard InChI is InChI=1S/C39H44O10/c1-4-13-31-28-34(48-38(42)29-14-18-33(19-15-29)45-25-11-12-27-47-37(41)6-3)22-23-35(31)49-39(43)30-16-20-32(21-17-30)44-24-9-7-8-10-26-46-36(40)5-2/h5-6,14-23,28H,2-4,7-13,24-27H2,1H3. The maximum Gasteiger partial charge on any atom is 0.343 e. The average Bonchev–Trinajstić information content (AvgIpc) is 3.12. The van der Waals surface area contributed by atoms with Gasteiger partial charge in [0.25, 0.3) is 0 Å². The Morgan fingerprint density at radius 3 is 1.53 bits per heavy atom. The molecule has 10 heteroatoms. The van der Waals surface area contributed by atoms with E-state index in [1.165, 1.54) is 0 Å². The van der Waals surface area contributed by atoms with Crippen LogP contribution in [0.3, 0.4) is 0 Å². The van der Waals surface area contributed by atoms with Crippen molar-refractivity contribution in [3.8, 4) is 23.0 Å². The van der Waals surface area contributed by atoms with Gasteiger partial charge in [-0.05, 0) is 117 Å². The summed E-state index contributed by atoms with van der Waals surface area (Å²) in [6, 6.07) is 18.3. The number of hydrogen-bond donors (Lipinski definition) is 0. The largest absolute Gasteiger partial charge is 0.494 e. The molecule has 0 saturated carbocycles. The van der Waals surface area contributed by atoms with Gasteiger partial charge in [0.2, 0.25) is 0 Å². The molecule has 0 heterocycles. The van der Waals surface area contributed by atoms with Gasteiger partial charge in [-0.1, -0.05) is 26.5 Å². The molecule has 260 valence electrons. The fraction of sp³-hybridized carbons (Fsp3) is 0.333. The summed E-state index contributed by atoms with van der Waals surface area (Å²) < 4.78 is 32.7. The fourth-order valence-electron chi connectivity index (χ4n) is 4.49. The first-order valence-corrected chi connectivity index (χ1v) is 16.4. The molecule has 0 bridgehead atoms. The Hall–Kier alpha value is -5.38. The van der Waals surface area contributed by atoms with Crippen LogP contribution < -0.4 is 18.9 Å². The Balaban J connectivity index is 1.45. The first kappa shape index (κ1) is 38.1. The lowest BCUT2D eigenvalue weighted by Gasteiger charge is -2.13. The van der Waals surface area contributed by atoms with Gasteiger partial charge in [-0.3, -0.25) is 0 Å². The van der Waals surface area contributed by atoms with Gasteiger partial charge in [0.1, 0.15) is 23.0 Å². The normalized spacial score (nSPS) is 10.4. The van der Waals surface area contributed by atoms with Crippen LogP contribution in [0.15, 0.2) is 92.0 Å². The Kier molecular flexibility index (Phi) is 16.7. The lowest BCUT2D eigenvalue weighted by atomic mass is 10.1. The second kappa shape index (κ2) is 21.5. The van der Waals surface area contributed by atoms with Crippen molar-refractivity contribution < 1.29 is 47.6 Å². The molecule has 0 fully saturated rings. The topological polar surface area (TPSA) is 124 Å². The SMILES string of the molecule is C=CC(=O)OCCCCCCOc1ccc(C(=O)Oc2ccc(OC(=O)c3ccc(OCCCCOC(=O)C=C)cc3)cc2CCC)cc1. The van der Waals surface area contributed by atoms with Crippen molar-refractivity contribution in [1.82, 2.24) is 0 Å². The van der Waals surface area contributed by atoms with Gasteiger partial charge in [-0.25, -0.2) is 19.2 Å². The second-order valence-corrected chi connectivity index (χ2v) is 10.9. The van der Waals surface area contributed by atoms with E-state index in [2.05, 4.69) is 13.2 Å². The van der Waals surface area contributed by atoms with E-state index in [4.69, 9.17) is 28.4 Å². The zero-order valence-electron chi connectivity index (χ0n) is 28.0. The van der Waals surface area contributed by atoms with E-state index in [1.807, 2.05) is 6.92 Å². The van der Waals surface area contributed by atoms with Gasteiger partial charge in [0, 0.05) is 12.2 Å². The van der Waals surface area contributed by atoms with E-state index in [1.54, 1.807) is 66.7 Å². The summed E-state index contributed by atoms with van der Waals surface area (Å²) in [4.78, 5) is 47.8. The Bertz CT molecular complexity index is 1530. The molecule has 0 unspecified atom stereocenters. The Labute approximate surface area is 287 Å². The number of carbonyl (C=O) groups is 4. The highest BCUT2D eigenvalue weighted by Crippen LogP contribution is 2.28. The summed E-state index contributed by atoms with van der Waals surface area (Å²) in [5.41, 5.74) is 1.47. The molecule has 10 nitrogen and oxygen atoms in total. The molecular weight excluding hydrogens is 628 g/mol. The molecule has 3 aromatic carbocycles. The van der Waals surface area contributed by atoms with Gasteiger partial charge in [0.15, 0.2) is 0 Å². The number of esters is 4. The molecule has 0 aliphatic carbocycles. The summed E-state index contributed by atoms with van der Waals surface area (Å²) in [7, 11) is 0. The van der Waals surface area contributed by atoms with Crippen LogP contribution in [0.4, 0.5) is 0 Å².